The Kier molecular flexibility index (Phi) is 4.05. The SMILES string of the molecule is Oc1ccc(C(=C2CCCCC2)c2ccc(O)c(O)c2)cc1. The van der Waals surface area contributed by atoms with Gasteiger partial charge in [-0.1, -0.05) is 30.2 Å². The van der Waals surface area contributed by atoms with E-state index in [9.17, 15) is 15.3 Å². The molecule has 0 saturated heterocycles. The van der Waals surface area contributed by atoms with Gasteiger partial charge in [0.1, 0.15) is 5.75 Å². The summed E-state index contributed by atoms with van der Waals surface area (Å²) in [4.78, 5) is 0. The molecule has 0 aromatic heterocycles. The van der Waals surface area contributed by atoms with Crippen LogP contribution in [0.3, 0.4) is 0 Å². The summed E-state index contributed by atoms with van der Waals surface area (Å²) >= 11 is 0. The fourth-order valence-electron chi connectivity index (χ4n) is 3.11. The lowest BCUT2D eigenvalue weighted by molar-refractivity contribution is 0.403. The number of hydrogen-bond acceptors (Lipinski definition) is 3. The highest BCUT2D eigenvalue weighted by Gasteiger charge is 2.16. The van der Waals surface area contributed by atoms with Gasteiger partial charge in [-0.25, -0.2) is 0 Å². The number of phenolic OH excluding ortho intramolecular Hbond substituents is 3. The number of allylic oxidation sites excluding steroid dienone is 1. The van der Waals surface area contributed by atoms with Gasteiger partial charge in [0.2, 0.25) is 0 Å². The minimum atomic E-state index is -0.109. The highest BCUT2D eigenvalue weighted by atomic mass is 16.3. The van der Waals surface area contributed by atoms with E-state index in [1.165, 1.54) is 30.9 Å². The van der Waals surface area contributed by atoms with Crippen LogP contribution in [0.1, 0.15) is 43.2 Å². The Bertz CT molecular complexity index is 691. The van der Waals surface area contributed by atoms with Crippen LogP contribution in [-0.4, -0.2) is 15.3 Å². The molecule has 0 atom stereocenters. The molecule has 1 fully saturated rings. The molecule has 114 valence electrons. The Morgan fingerprint density at radius 3 is 1.95 bits per heavy atom. The second-order valence-corrected chi connectivity index (χ2v) is 5.79. The molecule has 1 saturated carbocycles. The lowest BCUT2D eigenvalue weighted by Gasteiger charge is -2.20. The second kappa shape index (κ2) is 6.14. The molecule has 0 aliphatic heterocycles. The first-order chi connectivity index (χ1) is 10.6. The molecule has 3 nitrogen and oxygen atoms in total. The number of phenols is 3. The molecule has 0 radical (unpaired) electrons. The number of hydrogen-bond donors (Lipinski definition) is 3. The van der Waals surface area contributed by atoms with Gasteiger partial charge in [-0.2, -0.15) is 0 Å². The van der Waals surface area contributed by atoms with Crippen molar-refractivity contribution < 1.29 is 15.3 Å². The predicted molar refractivity (Wildman–Crippen MR) is 87.0 cm³/mol. The maximum Gasteiger partial charge on any atom is 0.158 e. The summed E-state index contributed by atoms with van der Waals surface area (Å²) in [6.45, 7) is 0. The number of aromatic hydroxyl groups is 3. The fraction of sp³-hybridized carbons (Fsp3) is 0.263. The van der Waals surface area contributed by atoms with Crippen molar-refractivity contribution in [2.75, 3.05) is 0 Å². The van der Waals surface area contributed by atoms with Gasteiger partial charge in [0.05, 0.1) is 0 Å². The quantitative estimate of drug-likeness (QED) is 0.711. The van der Waals surface area contributed by atoms with E-state index in [-0.39, 0.29) is 17.2 Å². The van der Waals surface area contributed by atoms with Crippen molar-refractivity contribution in [3.05, 3.63) is 59.2 Å². The zero-order valence-corrected chi connectivity index (χ0v) is 12.4. The van der Waals surface area contributed by atoms with Crippen LogP contribution < -0.4 is 0 Å². The average molecular weight is 296 g/mol. The molecule has 22 heavy (non-hydrogen) atoms. The highest BCUT2D eigenvalue weighted by molar-refractivity contribution is 5.83. The van der Waals surface area contributed by atoms with Gasteiger partial charge in [0, 0.05) is 0 Å². The Morgan fingerprint density at radius 2 is 1.32 bits per heavy atom. The van der Waals surface area contributed by atoms with E-state index in [0.29, 0.717) is 0 Å². The summed E-state index contributed by atoms with van der Waals surface area (Å²) in [5, 5.41) is 28.9. The van der Waals surface area contributed by atoms with Crippen LogP contribution in [0.4, 0.5) is 0 Å². The molecule has 1 aliphatic carbocycles. The van der Waals surface area contributed by atoms with Gasteiger partial charge in [-0.15, -0.1) is 0 Å². The van der Waals surface area contributed by atoms with Crippen molar-refractivity contribution in [3.8, 4) is 17.2 Å². The topological polar surface area (TPSA) is 60.7 Å². The molecule has 3 N–H and O–H groups in total. The minimum absolute atomic E-state index is 0.106. The average Bonchev–Trinajstić information content (AvgIpc) is 2.54. The third-order valence-electron chi connectivity index (χ3n) is 4.23. The summed E-state index contributed by atoms with van der Waals surface area (Å²) in [6.07, 6.45) is 5.73. The Hall–Kier alpha value is -2.42. The molecule has 0 bridgehead atoms. The normalized spacial score (nSPS) is 14.8. The Balaban J connectivity index is 2.13. The number of benzene rings is 2. The van der Waals surface area contributed by atoms with Crippen molar-refractivity contribution in [3.63, 3.8) is 0 Å². The maximum absolute atomic E-state index is 9.83. The van der Waals surface area contributed by atoms with E-state index in [2.05, 4.69) is 0 Å². The number of rotatable bonds is 2. The predicted octanol–water partition coefficient (Wildman–Crippen LogP) is 4.57. The molecule has 3 rings (SSSR count). The van der Waals surface area contributed by atoms with E-state index in [1.807, 2.05) is 18.2 Å². The molecular formula is C19H20O3. The first-order valence-corrected chi connectivity index (χ1v) is 7.69. The van der Waals surface area contributed by atoms with Crippen molar-refractivity contribution in [1.29, 1.82) is 0 Å². The van der Waals surface area contributed by atoms with Crippen LogP contribution in [0, 0.1) is 0 Å². The molecule has 0 unspecified atom stereocenters. The van der Waals surface area contributed by atoms with Gasteiger partial charge >= 0.3 is 0 Å². The lowest BCUT2D eigenvalue weighted by Crippen LogP contribution is -2.00. The summed E-state index contributed by atoms with van der Waals surface area (Å²) in [7, 11) is 0. The molecule has 0 amide bonds. The van der Waals surface area contributed by atoms with Crippen molar-refractivity contribution in [1.82, 2.24) is 0 Å². The van der Waals surface area contributed by atoms with Gasteiger partial charge in [0.25, 0.3) is 0 Å². The molecular weight excluding hydrogens is 276 g/mol. The largest absolute Gasteiger partial charge is 0.508 e. The zero-order chi connectivity index (χ0) is 15.5. The smallest absolute Gasteiger partial charge is 0.158 e. The van der Waals surface area contributed by atoms with Gasteiger partial charge in [0.15, 0.2) is 11.5 Å². The Labute approximate surface area is 130 Å². The van der Waals surface area contributed by atoms with Crippen LogP contribution in [0.25, 0.3) is 5.57 Å². The van der Waals surface area contributed by atoms with Crippen molar-refractivity contribution >= 4 is 5.57 Å². The summed E-state index contributed by atoms with van der Waals surface area (Å²) in [5.41, 5.74) is 4.41. The maximum atomic E-state index is 9.83. The van der Waals surface area contributed by atoms with E-state index >= 15 is 0 Å². The van der Waals surface area contributed by atoms with Gasteiger partial charge in [-0.05, 0) is 66.6 Å². The van der Waals surface area contributed by atoms with E-state index in [4.69, 9.17) is 0 Å². The third kappa shape index (κ3) is 2.93. The lowest BCUT2D eigenvalue weighted by atomic mass is 9.85. The summed E-state index contributed by atoms with van der Waals surface area (Å²) in [5.74, 6) is 0.0259. The van der Waals surface area contributed by atoms with E-state index in [0.717, 1.165) is 29.5 Å². The minimum Gasteiger partial charge on any atom is -0.508 e. The van der Waals surface area contributed by atoms with E-state index < -0.39 is 0 Å². The van der Waals surface area contributed by atoms with E-state index in [1.54, 1.807) is 18.2 Å². The fourth-order valence-corrected chi connectivity index (χ4v) is 3.11. The molecule has 3 heteroatoms. The van der Waals surface area contributed by atoms with Gasteiger partial charge < -0.3 is 15.3 Å². The molecule has 2 aromatic carbocycles. The monoisotopic (exact) mass is 296 g/mol. The second-order valence-electron chi connectivity index (χ2n) is 5.79. The Morgan fingerprint density at radius 1 is 0.682 bits per heavy atom. The van der Waals surface area contributed by atoms with Crippen LogP contribution in [0.5, 0.6) is 17.2 Å². The first kappa shape index (κ1) is 14.5. The summed E-state index contributed by atoms with van der Waals surface area (Å²) < 4.78 is 0. The zero-order valence-electron chi connectivity index (χ0n) is 12.4. The van der Waals surface area contributed by atoms with Crippen LogP contribution in [-0.2, 0) is 0 Å². The van der Waals surface area contributed by atoms with Crippen molar-refractivity contribution in [2.24, 2.45) is 0 Å². The van der Waals surface area contributed by atoms with Gasteiger partial charge in [-0.3, -0.25) is 0 Å². The summed E-state index contributed by atoms with van der Waals surface area (Å²) in [6, 6.07) is 12.1. The first-order valence-electron chi connectivity index (χ1n) is 7.69. The van der Waals surface area contributed by atoms with Crippen LogP contribution >= 0.6 is 0 Å². The molecule has 0 spiro atoms. The third-order valence-corrected chi connectivity index (χ3v) is 4.23. The molecule has 1 aliphatic rings. The van der Waals surface area contributed by atoms with Crippen LogP contribution in [0.2, 0.25) is 0 Å². The molecule has 2 aromatic rings. The molecule has 0 heterocycles. The van der Waals surface area contributed by atoms with Crippen LogP contribution in [0.15, 0.2) is 48.0 Å². The van der Waals surface area contributed by atoms with Crippen molar-refractivity contribution in [2.45, 2.75) is 32.1 Å². The highest BCUT2D eigenvalue weighted by Crippen LogP contribution is 2.38. The standard InChI is InChI=1S/C19H20O3/c20-16-9-6-14(7-10-16)19(13-4-2-1-3-5-13)15-8-11-17(21)18(22)12-15/h6-12,20-22H,1-5H2.